The van der Waals surface area contributed by atoms with Crippen LogP contribution < -0.4 is 0 Å². The lowest BCUT2D eigenvalue weighted by Gasteiger charge is -2.28. The summed E-state index contributed by atoms with van der Waals surface area (Å²) in [6.07, 6.45) is 7.82. The van der Waals surface area contributed by atoms with Gasteiger partial charge in [-0.1, -0.05) is 38.0 Å². The molecule has 0 radical (unpaired) electrons. The SMILES string of the molecule is CCCC1CCC(c2cccc(F)c2)CC1.Fc1cccc(F)c1F. The fourth-order valence-electron chi connectivity index (χ4n) is 3.43. The van der Waals surface area contributed by atoms with E-state index in [9.17, 15) is 17.6 Å². The van der Waals surface area contributed by atoms with Crippen molar-refractivity contribution in [3.63, 3.8) is 0 Å². The van der Waals surface area contributed by atoms with Crippen molar-refractivity contribution in [1.29, 1.82) is 0 Å². The smallest absolute Gasteiger partial charge is 0.194 e. The van der Waals surface area contributed by atoms with E-state index in [2.05, 4.69) is 13.0 Å². The first-order valence-electron chi connectivity index (χ1n) is 8.86. The summed E-state index contributed by atoms with van der Waals surface area (Å²) in [6, 6.07) is 9.98. The quantitative estimate of drug-likeness (QED) is 0.412. The summed E-state index contributed by atoms with van der Waals surface area (Å²) in [4.78, 5) is 0. The van der Waals surface area contributed by atoms with Crippen molar-refractivity contribution in [2.24, 2.45) is 5.92 Å². The minimum absolute atomic E-state index is 0.0896. The molecule has 0 N–H and O–H groups in total. The molecule has 1 saturated carbocycles. The summed E-state index contributed by atoms with van der Waals surface area (Å²) in [6.45, 7) is 2.26. The molecule has 2 aromatic rings. The monoisotopic (exact) mass is 352 g/mol. The van der Waals surface area contributed by atoms with Gasteiger partial charge >= 0.3 is 0 Å². The highest BCUT2D eigenvalue weighted by molar-refractivity contribution is 5.21. The zero-order chi connectivity index (χ0) is 18.2. The third-order valence-electron chi connectivity index (χ3n) is 4.77. The normalized spacial score (nSPS) is 19.9. The largest absolute Gasteiger partial charge is 0.207 e. The summed E-state index contributed by atoms with van der Waals surface area (Å²) in [5, 5.41) is 0. The molecule has 1 fully saturated rings. The molecule has 3 rings (SSSR count). The molecule has 1 aliphatic carbocycles. The molecule has 0 amide bonds. The van der Waals surface area contributed by atoms with E-state index >= 15 is 0 Å². The molecule has 0 spiro atoms. The second kappa shape index (κ2) is 9.59. The van der Waals surface area contributed by atoms with Gasteiger partial charge in [-0.25, -0.2) is 17.6 Å². The minimum Gasteiger partial charge on any atom is -0.207 e. The standard InChI is InChI=1S/C15H21F.C6H3F3/c1-2-4-12-7-9-13(10-8-12)14-5-3-6-15(16)11-14;7-4-2-1-3-5(8)6(4)9/h3,5-6,11-13H,2,4,7-10H2,1H3;1-3H. The van der Waals surface area contributed by atoms with Crippen molar-refractivity contribution in [1.82, 2.24) is 0 Å². The summed E-state index contributed by atoms with van der Waals surface area (Å²) in [5.41, 5.74) is 1.20. The van der Waals surface area contributed by atoms with Gasteiger partial charge in [0.25, 0.3) is 0 Å². The Kier molecular flexibility index (Phi) is 7.48. The number of rotatable bonds is 3. The predicted octanol–water partition coefficient (Wildman–Crippen LogP) is 7.00. The highest BCUT2D eigenvalue weighted by atomic mass is 19.2. The Morgan fingerprint density at radius 1 is 0.840 bits per heavy atom. The number of hydrogen-bond donors (Lipinski definition) is 0. The van der Waals surface area contributed by atoms with Gasteiger partial charge < -0.3 is 0 Å². The highest BCUT2D eigenvalue weighted by Crippen LogP contribution is 2.37. The van der Waals surface area contributed by atoms with E-state index in [0.29, 0.717) is 5.92 Å². The Balaban J connectivity index is 0.000000212. The molecule has 136 valence electrons. The van der Waals surface area contributed by atoms with Crippen molar-refractivity contribution in [2.45, 2.75) is 51.4 Å². The molecule has 0 aliphatic heterocycles. The molecule has 0 nitrogen and oxygen atoms in total. The van der Waals surface area contributed by atoms with Crippen molar-refractivity contribution < 1.29 is 17.6 Å². The van der Waals surface area contributed by atoms with Gasteiger partial charge in [0.15, 0.2) is 17.5 Å². The summed E-state index contributed by atoms with van der Waals surface area (Å²) < 4.78 is 49.0. The van der Waals surface area contributed by atoms with Crippen LogP contribution in [0.25, 0.3) is 0 Å². The first-order valence-corrected chi connectivity index (χ1v) is 8.86. The maximum absolute atomic E-state index is 13.1. The lowest BCUT2D eigenvalue weighted by Crippen LogP contribution is -2.13. The Morgan fingerprint density at radius 3 is 1.96 bits per heavy atom. The molecule has 0 unspecified atom stereocenters. The maximum Gasteiger partial charge on any atom is 0.194 e. The van der Waals surface area contributed by atoms with E-state index < -0.39 is 17.5 Å². The number of halogens is 4. The fourth-order valence-corrected chi connectivity index (χ4v) is 3.43. The van der Waals surface area contributed by atoms with Crippen LogP contribution in [0.4, 0.5) is 17.6 Å². The van der Waals surface area contributed by atoms with Crippen LogP contribution in [0.3, 0.4) is 0 Å². The van der Waals surface area contributed by atoms with E-state index in [4.69, 9.17) is 0 Å². The summed E-state index contributed by atoms with van der Waals surface area (Å²) >= 11 is 0. The molecule has 0 saturated heterocycles. The lowest BCUT2D eigenvalue weighted by molar-refractivity contribution is 0.308. The van der Waals surface area contributed by atoms with E-state index in [0.717, 1.165) is 24.1 Å². The molecular weight excluding hydrogens is 328 g/mol. The average Bonchev–Trinajstić information content (AvgIpc) is 2.61. The molecule has 0 bridgehead atoms. The molecule has 0 aromatic heterocycles. The Bertz CT molecular complexity index is 640. The van der Waals surface area contributed by atoms with Crippen LogP contribution in [0.5, 0.6) is 0 Å². The van der Waals surface area contributed by atoms with E-state index in [1.165, 1.54) is 50.2 Å². The molecule has 25 heavy (non-hydrogen) atoms. The summed E-state index contributed by atoms with van der Waals surface area (Å²) in [5.74, 6) is -2.30. The van der Waals surface area contributed by atoms with Gasteiger partial charge in [-0.2, -0.15) is 0 Å². The zero-order valence-corrected chi connectivity index (χ0v) is 14.5. The highest BCUT2D eigenvalue weighted by Gasteiger charge is 2.21. The van der Waals surface area contributed by atoms with Crippen molar-refractivity contribution in [3.8, 4) is 0 Å². The molecule has 0 atom stereocenters. The van der Waals surface area contributed by atoms with E-state index in [1.807, 2.05) is 6.07 Å². The van der Waals surface area contributed by atoms with Gasteiger partial charge in [0.05, 0.1) is 0 Å². The van der Waals surface area contributed by atoms with Crippen LogP contribution in [-0.4, -0.2) is 0 Å². The number of benzene rings is 2. The van der Waals surface area contributed by atoms with Crippen LogP contribution >= 0.6 is 0 Å². The van der Waals surface area contributed by atoms with Crippen molar-refractivity contribution in [3.05, 3.63) is 71.3 Å². The zero-order valence-electron chi connectivity index (χ0n) is 14.5. The molecular formula is C21H24F4. The topological polar surface area (TPSA) is 0 Å². The predicted molar refractivity (Wildman–Crippen MR) is 92.3 cm³/mol. The molecule has 1 aliphatic rings. The molecule has 0 heterocycles. The second-order valence-corrected chi connectivity index (χ2v) is 6.60. The van der Waals surface area contributed by atoms with Crippen LogP contribution in [0.2, 0.25) is 0 Å². The van der Waals surface area contributed by atoms with Crippen LogP contribution in [0, 0.1) is 29.2 Å². The first kappa shape index (κ1) is 19.5. The third kappa shape index (κ3) is 5.87. The van der Waals surface area contributed by atoms with Gasteiger partial charge in [-0.15, -0.1) is 0 Å². The minimum atomic E-state index is -1.42. The molecule has 4 heteroatoms. The Labute approximate surface area is 146 Å². The van der Waals surface area contributed by atoms with Gasteiger partial charge in [0.2, 0.25) is 0 Å². The molecule has 2 aromatic carbocycles. The number of hydrogen-bond acceptors (Lipinski definition) is 0. The Morgan fingerprint density at radius 2 is 1.44 bits per heavy atom. The van der Waals surface area contributed by atoms with E-state index in [1.54, 1.807) is 6.07 Å². The maximum atomic E-state index is 13.1. The van der Waals surface area contributed by atoms with Crippen molar-refractivity contribution >= 4 is 0 Å². The lowest BCUT2D eigenvalue weighted by atomic mass is 9.77. The van der Waals surface area contributed by atoms with Crippen LogP contribution in [0.1, 0.15) is 56.9 Å². The first-order chi connectivity index (χ1) is 12.0. The van der Waals surface area contributed by atoms with Gasteiger partial charge in [0.1, 0.15) is 5.82 Å². The van der Waals surface area contributed by atoms with E-state index in [-0.39, 0.29) is 5.82 Å². The van der Waals surface area contributed by atoms with Gasteiger partial charge in [0, 0.05) is 0 Å². The van der Waals surface area contributed by atoms with Gasteiger partial charge in [-0.05, 0) is 67.3 Å². The van der Waals surface area contributed by atoms with Crippen molar-refractivity contribution in [2.75, 3.05) is 0 Å². The van der Waals surface area contributed by atoms with Crippen LogP contribution in [-0.2, 0) is 0 Å². The van der Waals surface area contributed by atoms with Crippen LogP contribution in [0.15, 0.2) is 42.5 Å². The van der Waals surface area contributed by atoms with Gasteiger partial charge in [-0.3, -0.25) is 0 Å². The summed E-state index contributed by atoms with van der Waals surface area (Å²) in [7, 11) is 0. The average molecular weight is 352 g/mol. The third-order valence-corrected chi connectivity index (χ3v) is 4.77. The second-order valence-electron chi connectivity index (χ2n) is 6.60. The fraction of sp³-hybridized carbons (Fsp3) is 0.429. The Hall–Kier alpha value is -1.84.